The van der Waals surface area contributed by atoms with E-state index in [9.17, 15) is 9.59 Å². The molecule has 0 atom stereocenters. The highest BCUT2D eigenvalue weighted by Gasteiger charge is 2.55. The van der Waals surface area contributed by atoms with Gasteiger partial charge in [-0.3, -0.25) is 14.5 Å². The average molecular weight is 507 g/mol. The van der Waals surface area contributed by atoms with Gasteiger partial charge in [-0.1, -0.05) is 12.1 Å². The fourth-order valence-electron chi connectivity index (χ4n) is 7.81. The van der Waals surface area contributed by atoms with Crippen molar-refractivity contribution in [3.05, 3.63) is 58.1 Å². The zero-order valence-corrected chi connectivity index (χ0v) is 21.8. The molecule has 1 amide bonds. The van der Waals surface area contributed by atoms with Crippen molar-refractivity contribution in [2.75, 3.05) is 33.3 Å². The summed E-state index contributed by atoms with van der Waals surface area (Å²) >= 11 is 0. The third-order valence-corrected chi connectivity index (χ3v) is 9.13. The number of hydrogen-bond donors (Lipinski definition) is 0. The average Bonchev–Trinajstić information content (AvgIpc) is 3.12. The van der Waals surface area contributed by atoms with Crippen LogP contribution in [-0.4, -0.2) is 49.0 Å². The topological polar surface area (TPSA) is 72.2 Å². The summed E-state index contributed by atoms with van der Waals surface area (Å²) in [6, 6.07) is 9.10. The van der Waals surface area contributed by atoms with Gasteiger partial charge in [0.25, 0.3) is 0 Å². The van der Waals surface area contributed by atoms with Crippen LogP contribution in [0.2, 0.25) is 0 Å². The molecule has 1 aromatic heterocycles. The molecule has 2 aromatic rings. The van der Waals surface area contributed by atoms with E-state index in [2.05, 4.69) is 9.80 Å². The van der Waals surface area contributed by atoms with Gasteiger partial charge in [0.1, 0.15) is 24.4 Å². The minimum Gasteiger partial charge on any atom is -0.497 e. The fraction of sp³-hybridized carbons (Fsp3) is 0.600. The van der Waals surface area contributed by atoms with Crippen LogP contribution < -0.4 is 14.9 Å². The van der Waals surface area contributed by atoms with Crippen molar-refractivity contribution in [2.45, 2.75) is 58.1 Å². The highest BCUT2D eigenvalue weighted by molar-refractivity contribution is 5.83. The summed E-state index contributed by atoms with van der Waals surface area (Å²) in [5.41, 5.74) is 0.662. The quantitative estimate of drug-likeness (QED) is 0.552. The van der Waals surface area contributed by atoms with Gasteiger partial charge in [-0.2, -0.15) is 0 Å². The molecule has 1 saturated heterocycles. The molecule has 0 N–H and O–H groups in total. The van der Waals surface area contributed by atoms with Gasteiger partial charge >= 0.3 is 0 Å². The van der Waals surface area contributed by atoms with Crippen molar-refractivity contribution in [1.29, 1.82) is 0 Å². The Balaban J connectivity index is 1.04. The summed E-state index contributed by atoms with van der Waals surface area (Å²) in [4.78, 5) is 30.9. The Morgan fingerprint density at radius 2 is 1.78 bits per heavy atom. The van der Waals surface area contributed by atoms with Crippen LogP contribution in [0.5, 0.6) is 11.5 Å². The number of benzene rings is 1. The Bertz CT molecular complexity index is 1160. The number of hydrogen-bond acceptors (Lipinski definition) is 6. The second kappa shape index (κ2) is 10.2. The van der Waals surface area contributed by atoms with E-state index in [1.165, 1.54) is 31.6 Å². The summed E-state index contributed by atoms with van der Waals surface area (Å²) in [6.07, 6.45) is 9.80. The SMILES string of the molecule is COc1cccc(COc2coc(CN3CCCN(C(=O)C45CC6CC(CC(C6)C4)C5)CC3)cc2=O)c1. The lowest BCUT2D eigenvalue weighted by Gasteiger charge is -2.56. The number of methoxy groups -OCH3 is 1. The lowest BCUT2D eigenvalue weighted by molar-refractivity contribution is -0.157. The van der Waals surface area contributed by atoms with Crippen LogP contribution in [0.1, 0.15) is 56.3 Å². The maximum Gasteiger partial charge on any atom is 0.228 e. The highest BCUT2D eigenvalue weighted by Crippen LogP contribution is 2.60. The van der Waals surface area contributed by atoms with Gasteiger partial charge in [0, 0.05) is 32.2 Å². The molecule has 4 bridgehead atoms. The van der Waals surface area contributed by atoms with E-state index in [0.717, 1.165) is 80.9 Å². The van der Waals surface area contributed by atoms with Crippen molar-refractivity contribution >= 4 is 5.91 Å². The van der Waals surface area contributed by atoms with E-state index in [1.54, 1.807) is 7.11 Å². The molecule has 198 valence electrons. The summed E-state index contributed by atoms with van der Waals surface area (Å²) in [5, 5.41) is 0. The maximum atomic E-state index is 13.8. The minimum atomic E-state index is -0.183. The number of ether oxygens (including phenoxy) is 2. The second-order valence-electron chi connectivity index (χ2n) is 11.8. The van der Waals surface area contributed by atoms with E-state index in [-0.39, 0.29) is 23.2 Å². The van der Waals surface area contributed by atoms with Crippen LogP contribution in [-0.2, 0) is 17.9 Å². The van der Waals surface area contributed by atoms with Gasteiger partial charge in [-0.15, -0.1) is 0 Å². The van der Waals surface area contributed by atoms with Gasteiger partial charge in [0.2, 0.25) is 17.1 Å². The number of carbonyl (C=O) groups is 1. The monoisotopic (exact) mass is 506 g/mol. The van der Waals surface area contributed by atoms with E-state index < -0.39 is 0 Å². The largest absolute Gasteiger partial charge is 0.497 e. The highest BCUT2D eigenvalue weighted by atomic mass is 16.5. The van der Waals surface area contributed by atoms with Crippen LogP contribution in [0.15, 0.2) is 45.8 Å². The Morgan fingerprint density at radius 3 is 2.49 bits per heavy atom. The van der Waals surface area contributed by atoms with Gasteiger partial charge in [0.15, 0.2) is 0 Å². The van der Waals surface area contributed by atoms with Gasteiger partial charge in [-0.25, -0.2) is 0 Å². The first-order valence-electron chi connectivity index (χ1n) is 13.9. The van der Waals surface area contributed by atoms with Crippen molar-refractivity contribution < 1.29 is 18.7 Å². The number of rotatable bonds is 7. The van der Waals surface area contributed by atoms with Crippen molar-refractivity contribution in [3.8, 4) is 11.5 Å². The van der Waals surface area contributed by atoms with Crippen LogP contribution in [0.25, 0.3) is 0 Å². The molecule has 7 nitrogen and oxygen atoms in total. The Kier molecular flexibility index (Phi) is 6.74. The molecule has 4 saturated carbocycles. The standard InChI is InChI=1S/C30H38N2O5/c1-35-25-5-2-4-21(13-25)19-37-28-20-36-26(14-27(28)33)18-31-6-3-7-32(9-8-31)29(34)30-15-22-10-23(16-30)12-24(11-22)17-30/h2,4-5,13-14,20,22-24H,3,6-12,15-19H2,1H3. The van der Waals surface area contributed by atoms with E-state index in [4.69, 9.17) is 13.9 Å². The molecular weight excluding hydrogens is 468 g/mol. The fourth-order valence-corrected chi connectivity index (χ4v) is 7.81. The summed E-state index contributed by atoms with van der Waals surface area (Å²) < 4.78 is 16.7. The molecule has 0 radical (unpaired) electrons. The Hall–Kier alpha value is -2.80. The lowest BCUT2D eigenvalue weighted by Crippen LogP contribution is -2.55. The molecule has 1 aliphatic heterocycles. The molecule has 0 unspecified atom stereocenters. The zero-order chi connectivity index (χ0) is 25.4. The van der Waals surface area contributed by atoms with E-state index in [0.29, 0.717) is 18.2 Å². The van der Waals surface area contributed by atoms with Crippen molar-refractivity contribution in [3.63, 3.8) is 0 Å². The predicted molar refractivity (Wildman–Crippen MR) is 139 cm³/mol. The van der Waals surface area contributed by atoms with Gasteiger partial charge < -0.3 is 18.8 Å². The number of nitrogens with zero attached hydrogens (tertiary/aromatic N) is 2. The summed E-state index contributed by atoms with van der Waals surface area (Å²) in [5.74, 6) is 4.35. The molecule has 0 spiro atoms. The van der Waals surface area contributed by atoms with Crippen molar-refractivity contribution in [2.24, 2.45) is 23.2 Å². The minimum absolute atomic E-state index is 0.0720. The van der Waals surface area contributed by atoms with Crippen molar-refractivity contribution in [1.82, 2.24) is 9.80 Å². The predicted octanol–water partition coefficient (Wildman–Crippen LogP) is 4.48. The number of carbonyl (C=O) groups excluding carboxylic acids is 1. The Morgan fingerprint density at radius 1 is 1.03 bits per heavy atom. The first-order valence-corrected chi connectivity index (χ1v) is 13.9. The molecule has 5 aliphatic rings. The molecule has 4 aliphatic carbocycles. The first kappa shape index (κ1) is 24.5. The molecule has 37 heavy (non-hydrogen) atoms. The zero-order valence-electron chi connectivity index (χ0n) is 21.8. The number of amides is 1. The Labute approximate surface area is 218 Å². The molecule has 2 heterocycles. The van der Waals surface area contributed by atoms with Crippen LogP contribution in [0.3, 0.4) is 0 Å². The second-order valence-corrected chi connectivity index (χ2v) is 11.8. The molecule has 5 fully saturated rings. The molecule has 7 heteroatoms. The molecule has 1 aromatic carbocycles. The van der Waals surface area contributed by atoms with Crippen LogP contribution in [0, 0.1) is 23.2 Å². The summed E-state index contributed by atoms with van der Waals surface area (Å²) in [6.45, 7) is 4.11. The smallest absolute Gasteiger partial charge is 0.228 e. The summed E-state index contributed by atoms with van der Waals surface area (Å²) in [7, 11) is 1.62. The lowest BCUT2D eigenvalue weighted by atomic mass is 9.49. The maximum absolute atomic E-state index is 13.8. The third-order valence-electron chi connectivity index (χ3n) is 9.13. The van der Waals surface area contributed by atoms with Gasteiger partial charge in [-0.05, 0) is 80.4 Å². The van der Waals surface area contributed by atoms with Crippen LogP contribution in [0.4, 0.5) is 0 Å². The van der Waals surface area contributed by atoms with E-state index >= 15 is 0 Å². The molecule has 7 rings (SSSR count). The molecular formula is C30H38N2O5. The normalized spacial score (nSPS) is 29.2. The first-order chi connectivity index (χ1) is 18.0. The third kappa shape index (κ3) is 5.15. The van der Waals surface area contributed by atoms with Gasteiger partial charge in [0.05, 0.1) is 19.1 Å². The van der Waals surface area contributed by atoms with E-state index in [1.807, 2.05) is 24.3 Å². The van der Waals surface area contributed by atoms with Crippen LogP contribution >= 0.6 is 0 Å².